The fourth-order valence-corrected chi connectivity index (χ4v) is 4.44. The lowest BCUT2D eigenvalue weighted by Crippen LogP contribution is -2.49. The number of nitrogens with zero attached hydrogens (tertiary/aromatic N) is 3. The van der Waals surface area contributed by atoms with Crippen LogP contribution in [-0.4, -0.2) is 73.5 Å². The molecule has 0 saturated carbocycles. The highest BCUT2D eigenvalue weighted by atomic mass is 16.5. The maximum Gasteiger partial charge on any atom is 0.228 e. The zero-order valence-electron chi connectivity index (χ0n) is 15.1. The van der Waals surface area contributed by atoms with E-state index in [9.17, 15) is 4.79 Å². The van der Waals surface area contributed by atoms with Crippen molar-refractivity contribution in [2.45, 2.75) is 20.4 Å². The molecule has 4 rings (SSSR count). The molecule has 3 atom stereocenters. The summed E-state index contributed by atoms with van der Waals surface area (Å²) in [4.78, 5) is 17.4. The van der Waals surface area contributed by atoms with E-state index in [1.807, 2.05) is 18.7 Å². The first-order valence-corrected chi connectivity index (χ1v) is 9.22. The van der Waals surface area contributed by atoms with Crippen molar-refractivity contribution >= 4 is 5.91 Å². The number of hydrogen-bond acceptors (Lipinski definition) is 6. The molecule has 0 spiro atoms. The molecule has 1 aromatic heterocycles. The van der Waals surface area contributed by atoms with Gasteiger partial charge in [-0.3, -0.25) is 9.69 Å². The summed E-state index contributed by atoms with van der Waals surface area (Å²) in [6.07, 6.45) is 0. The van der Waals surface area contributed by atoms with E-state index in [0.717, 1.165) is 37.7 Å². The van der Waals surface area contributed by atoms with Gasteiger partial charge in [-0.1, -0.05) is 5.16 Å². The van der Waals surface area contributed by atoms with Gasteiger partial charge in [-0.05, 0) is 25.7 Å². The third-order valence-electron chi connectivity index (χ3n) is 5.92. The highest BCUT2D eigenvalue weighted by molar-refractivity contribution is 5.79. The number of carbonyl (C=O) groups excluding carboxylic acids is 1. The normalized spacial score (nSPS) is 30.5. The van der Waals surface area contributed by atoms with Gasteiger partial charge in [0.15, 0.2) is 0 Å². The number of aromatic nitrogens is 1. The molecule has 0 unspecified atom stereocenters. The molecule has 0 bridgehead atoms. The molecule has 0 aliphatic carbocycles. The van der Waals surface area contributed by atoms with Gasteiger partial charge in [0, 0.05) is 38.3 Å². The van der Waals surface area contributed by atoms with E-state index < -0.39 is 0 Å². The number of amides is 1. The van der Waals surface area contributed by atoms with Crippen LogP contribution in [0.2, 0.25) is 0 Å². The second-order valence-corrected chi connectivity index (χ2v) is 7.50. The van der Waals surface area contributed by atoms with Gasteiger partial charge in [0.1, 0.15) is 5.76 Å². The standard InChI is InChI=1S/C18H27N3O4/c1-12-15(13(2)25-19-12)8-20-7-14-10-24-11-17(16(14)9-20)18(22)21-3-5-23-6-4-21/h14,16-17H,3-11H2,1-2H3/t14-,16-,17+/m1/s1. The summed E-state index contributed by atoms with van der Waals surface area (Å²) in [6, 6.07) is 0. The predicted octanol–water partition coefficient (Wildman–Crippen LogP) is 0.845. The molecule has 138 valence electrons. The lowest BCUT2D eigenvalue weighted by Gasteiger charge is -2.36. The summed E-state index contributed by atoms with van der Waals surface area (Å²) in [5.74, 6) is 1.93. The number of ether oxygens (including phenoxy) is 2. The van der Waals surface area contributed by atoms with Crippen LogP contribution in [0, 0.1) is 31.6 Å². The topological polar surface area (TPSA) is 68.0 Å². The SMILES string of the molecule is Cc1noc(C)c1CN1C[C@@H]2COC[C@H](C(=O)N3CCOCC3)[C@@H]2C1. The van der Waals surface area contributed by atoms with Crippen LogP contribution in [0.15, 0.2) is 4.52 Å². The minimum absolute atomic E-state index is 0.0217. The maximum atomic E-state index is 13.0. The van der Waals surface area contributed by atoms with Crippen molar-refractivity contribution < 1.29 is 18.8 Å². The molecular formula is C18H27N3O4. The Labute approximate surface area is 148 Å². The molecule has 3 saturated heterocycles. The fraction of sp³-hybridized carbons (Fsp3) is 0.778. The van der Waals surface area contributed by atoms with Crippen molar-refractivity contribution in [3.8, 4) is 0 Å². The molecule has 1 amide bonds. The molecule has 3 fully saturated rings. The van der Waals surface area contributed by atoms with E-state index in [-0.39, 0.29) is 11.8 Å². The van der Waals surface area contributed by atoms with Crippen LogP contribution in [0.5, 0.6) is 0 Å². The van der Waals surface area contributed by atoms with Crippen molar-refractivity contribution in [2.75, 3.05) is 52.6 Å². The number of aryl methyl sites for hydroxylation is 2. The fourth-order valence-electron chi connectivity index (χ4n) is 4.44. The van der Waals surface area contributed by atoms with Gasteiger partial charge in [-0.2, -0.15) is 0 Å². The summed E-state index contributed by atoms with van der Waals surface area (Å²) >= 11 is 0. The number of fused-ring (bicyclic) bond motifs is 1. The Balaban J connectivity index is 1.44. The third kappa shape index (κ3) is 3.32. The minimum Gasteiger partial charge on any atom is -0.380 e. The third-order valence-corrected chi connectivity index (χ3v) is 5.92. The van der Waals surface area contributed by atoms with Crippen molar-refractivity contribution in [1.82, 2.24) is 15.0 Å². The van der Waals surface area contributed by atoms with Crippen LogP contribution in [0.3, 0.4) is 0 Å². The van der Waals surface area contributed by atoms with E-state index in [1.54, 1.807) is 0 Å². The van der Waals surface area contributed by atoms with Crippen LogP contribution >= 0.6 is 0 Å². The number of morpholine rings is 1. The van der Waals surface area contributed by atoms with E-state index in [2.05, 4.69) is 10.1 Å². The summed E-state index contributed by atoms with van der Waals surface area (Å²) in [5, 5.41) is 4.05. The summed E-state index contributed by atoms with van der Waals surface area (Å²) < 4.78 is 16.5. The van der Waals surface area contributed by atoms with Gasteiger partial charge in [0.2, 0.25) is 5.91 Å². The Hall–Kier alpha value is -1.44. The van der Waals surface area contributed by atoms with Gasteiger partial charge in [0.25, 0.3) is 0 Å². The van der Waals surface area contributed by atoms with Crippen molar-refractivity contribution in [3.05, 3.63) is 17.0 Å². The average molecular weight is 349 g/mol. The molecule has 0 aromatic carbocycles. The molecule has 3 aliphatic heterocycles. The van der Waals surface area contributed by atoms with E-state index >= 15 is 0 Å². The van der Waals surface area contributed by atoms with Crippen LogP contribution < -0.4 is 0 Å². The molecule has 7 heteroatoms. The Morgan fingerprint density at radius 2 is 1.96 bits per heavy atom. The second kappa shape index (κ2) is 7.05. The number of likely N-dealkylation sites (tertiary alicyclic amines) is 1. The zero-order valence-corrected chi connectivity index (χ0v) is 15.1. The van der Waals surface area contributed by atoms with E-state index in [1.165, 1.54) is 5.56 Å². The van der Waals surface area contributed by atoms with Gasteiger partial charge in [-0.25, -0.2) is 0 Å². The van der Waals surface area contributed by atoms with E-state index in [4.69, 9.17) is 14.0 Å². The molecule has 0 radical (unpaired) electrons. The largest absolute Gasteiger partial charge is 0.380 e. The summed E-state index contributed by atoms with van der Waals surface area (Å²) in [6.45, 7) is 10.7. The molecule has 0 N–H and O–H groups in total. The summed E-state index contributed by atoms with van der Waals surface area (Å²) in [7, 11) is 0. The van der Waals surface area contributed by atoms with Gasteiger partial charge in [-0.15, -0.1) is 0 Å². The molecule has 1 aromatic rings. The lowest BCUT2D eigenvalue weighted by atomic mass is 9.82. The zero-order chi connectivity index (χ0) is 17.4. The van der Waals surface area contributed by atoms with Gasteiger partial charge in [0.05, 0.1) is 38.0 Å². The van der Waals surface area contributed by atoms with Crippen molar-refractivity contribution in [1.29, 1.82) is 0 Å². The first-order chi connectivity index (χ1) is 12.1. The van der Waals surface area contributed by atoms with E-state index in [0.29, 0.717) is 44.7 Å². The van der Waals surface area contributed by atoms with Crippen LogP contribution in [0.1, 0.15) is 17.0 Å². The highest BCUT2D eigenvalue weighted by Gasteiger charge is 2.45. The van der Waals surface area contributed by atoms with Crippen LogP contribution in [-0.2, 0) is 20.8 Å². The van der Waals surface area contributed by atoms with Gasteiger partial charge < -0.3 is 18.9 Å². The first-order valence-electron chi connectivity index (χ1n) is 9.22. The predicted molar refractivity (Wildman–Crippen MR) is 89.9 cm³/mol. The average Bonchev–Trinajstić information content (AvgIpc) is 3.19. The Morgan fingerprint density at radius 1 is 1.16 bits per heavy atom. The Kier molecular flexibility index (Phi) is 4.80. The van der Waals surface area contributed by atoms with Crippen LogP contribution in [0.4, 0.5) is 0 Å². The second-order valence-electron chi connectivity index (χ2n) is 7.50. The molecule has 25 heavy (non-hydrogen) atoms. The first kappa shape index (κ1) is 17.0. The van der Waals surface area contributed by atoms with Crippen LogP contribution in [0.25, 0.3) is 0 Å². The highest BCUT2D eigenvalue weighted by Crippen LogP contribution is 2.36. The Morgan fingerprint density at radius 3 is 2.68 bits per heavy atom. The monoisotopic (exact) mass is 349 g/mol. The maximum absolute atomic E-state index is 13.0. The quantitative estimate of drug-likeness (QED) is 0.806. The molecule has 4 heterocycles. The van der Waals surface area contributed by atoms with Crippen molar-refractivity contribution in [3.63, 3.8) is 0 Å². The lowest BCUT2D eigenvalue weighted by molar-refractivity contribution is -0.148. The smallest absolute Gasteiger partial charge is 0.228 e. The number of rotatable bonds is 3. The van der Waals surface area contributed by atoms with Crippen molar-refractivity contribution in [2.24, 2.45) is 17.8 Å². The molecule has 7 nitrogen and oxygen atoms in total. The Bertz CT molecular complexity index is 606. The summed E-state index contributed by atoms with van der Waals surface area (Å²) in [5.41, 5.74) is 2.14. The molecular weight excluding hydrogens is 322 g/mol. The number of hydrogen-bond donors (Lipinski definition) is 0. The molecule has 3 aliphatic rings. The number of carbonyl (C=O) groups is 1. The minimum atomic E-state index is -0.0217. The van der Waals surface area contributed by atoms with Gasteiger partial charge >= 0.3 is 0 Å².